The zero-order valence-electron chi connectivity index (χ0n) is 13.3. The number of halogens is 1. The molecule has 1 N–H and O–H groups in total. The van der Waals surface area contributed by atoms with Gasteiger partial charge in [-0.1, -0.05) is 28.1 Å². The highest BCUT2D eigenvalue weighted by molar-refractivity contribution is 9.10. The van der Waals surface area contributed by atoms with Gasteiger partial charge in [0.15, 0.2) is 9.84 Å². The van der Waals surface area contributed by atoms with E-state index in [1.165, 1.54) is 0 Å². The summed E-state index contributed by atoms with van der Waals surface area (Å²) in [4.78, 5) is 14.2. The van der Waals surface area contributed by atoms with Crippen molar-refractivity contribution < 1.29 is 17.9 Å². The third kappa shape index (κ3) is 4.78. The van der Waals surface area contributed by atoms with Crippen LogP contribution in [0.2, 0.25) is 0 Å². The largest absolute Gasteiger partial charge is 0.371 e. The number of benzene rings is 1. The molecule has 132 valence electrons. The van der Waals surface area contributed by atoms with Crippen LogP contribution in [0.25, 0.3) is 0 Å². The van der Waals surface area contributed by atoms with Crippen LogP contribution in [0.3, 0.4) is 0 Å². The molecule has 6 nitrogen and oxygen atoms in total. The van der Waals surface area contributed by atoms with Gasteiger partial charge in [0.2, 0.25) is 5.91 Å². The lowest BCUT2D eigenvalue weighted by Gasteiger charge is -2.33. The Hall–Kier alpha value is -0.960. The Bertz CT molecular complexity index is 693. The summed E-state index contributed by atoms with van der Waals surface area (Å²) in [6.07, 6.45) is 0.463. The maximum absolute atomic E-state index is 12.2. The Labute approximate surface area is 150 Å². The fourth-order valence-electron chi connectivity index (χ4n) is 3.11. The Morgan fingerprint density at radius 2 is 2.08 bits per heavy atom. The smallest absolute Gasteiger partial charge is 0.234 e. The Morgan fingerprint density at radius 1 is 1.33 bits per heavy atom. The van der Waals surface area contributed by atoms with Crippen LogP contribution >= 0.6 is 15.9 Å². The topological polar surface area (TPSA) is 75.7 Å². The maximum atomic E-state index is 12.2. The fraction of sp³-hybridized carbons (Fsp3) is 0.562. The minimum atomic E-state index is -2.97. The number of amides is 1. The van der Waals surface area contributed by atoms with Crippen LogP contribution in [0.1, 0.15) is 18.1 Å². The van der Waals surface area contributed by atoms with Crippen molar-refractivity contribution in [3.05, 3.63) is 34.3 Å². The highest BCUT2D eigenvalue weighted by atomic mass is 79.9. The molecule has 0 aromatic heterocycles. The van der Waals surface area contributed by atoms with E-state index in [4.69, 9.17) is 4.74 Å². The molecular weight excluding hydrogens is 396 g/mol. The van der Waals surface area contributed by atoms with Crippen molar-refractivity contribution in [1.29, 1.82) is 0 Å². The van der Waals surface area contributed by atoms with E-state index in [2.05, 4.69) is 26.1 Å². The Morgan fingerprint density at radius 3 is 2.75 bits per heavy atom. The second-order valence-electron chi connectivity index (χ2n) is 6.31. The molecule has 2 saturated heterocycles. The van der Waals surface area contributed by atoms with E-state index in [1.54, 1.807) is 0 Å². The minimum absolute atomic E-state index is 0.0495. The molecule has 2 aliphatic heterocycles. The van der Waals surface area contributed by atoms with E-state index in [9.17, 15) is 13.2 Å². The second kappa shape index (κ2) is 7.51. The lowest BCUT2D eigenvalue weighted by Crippen LogP contribution is -2.46. The van der Waals surface area contributed by atoms with Crippen molar-refractivity contribution in [2.45, 2.75) is 18.6 Å². The van der Waals surface area contributed by atoms with Crippen LogP contribution in [0.15, 0.2) is 28.7 Å². The van der Waals surface area contributed by atoms with Gasteiger partial charge in [-0.15, -0.1) is 0 Å². The highest BCUT2D eigenvalue weighted by Gasteiger charge is 2.30. The van der Waals surface area contributed by atoms with E-state index in [-0.39, 0.29) is 36.1 Å². The average molecular weight is 417 g/mol. The first kappa shape index (κ1) is 17.8. The third-order valence-electron chi connectivity index (χ3n) is 4.36. The molecule has 24 heavy (non-hydrogen) atoms. The minimum Gasteiger partial charge on any atom is -0.371 e. The first-order chi connectivity index (χ1) is 11.4. The molecule has 0 spiro atoms. The van der Waals surface area contributed by atoms with E-state index < -0.39 is 9.84 Å². The number of morpholine rings is 1. The van der Waals surface area contributed by atoms with Crippen LogP contribution in [-0.2, 0) is 19.4 Å². The van der Waals surface area contributed by atoms with E-state index >= 15 is 0 Å². The summed E-state index contributed by atoms with van der Waals surface area (Å²) >= 11 is 3.42. The number of carbonyl (C=O) groups excluding carboxylic acids is 1. The first-order valence-corrected chi connectivity index (χ1v) is 10.6. The highest BCUT2D eigenvalue weighted by Crippen LogP contribution is 2.23. The van der Waals surface area contributed by atoms with Gasteiger partial charge in [-0.05, 0) is 24.1 Å². The number of sulfone groups is 1. The van der Waals surface area contributed by atoms with Crippen molar-refractivity contribution in [2.24, 2.45) is 0 Å². The molecule has 0 bridgehead atoms. The molecule has 1 amide bonds. The molecular formula is C16H21BrN2O4S. The number of rotatable bonds is 4. The van der Waals surface area contributed by atoms with Crippen molar-refractivity contribution in [3.8, 4) is 0 Å². The maximum Gasteiger partial charge on any atom is 0.234 e. The SMILES string of the molecule is O=C(CN1CCOC(c2ccc(Br)cc2)C1)NC1CCS(=O)(=O)C1. The van der Waals surface area contributed by atoms with Crippen LogP contribution < -0.4 is 5.32 Å². The molecule has 2 atom stereocenters. The zero-order valence-corrected chi connectivity index (χ0v) is 15.7. The van der Waals surface area contributed by atoms with Gasteiger partial charge in [0.05, 0.1) is 30.8 Å². The number of nitrogens with zero attached hydrogens (tertiary/aromatic N) is 1. The lowest BCUT2D eigenvalue weighted by molar-refractivity contribution is -0.124. The zero-order chi connectivity index (χ0) is 17.2. The molecule has 0 saturated carbocycles. The van der Waals surface area contributed by atoms with E-state index in [0.717, 1.165) is 10.0 Å². The molecule has 3 rings (SSSR count). The van der Waals surface area contributed by atoms with Crippen molar-refractivity contribution in [1.82, 2.24) is 10.2 Å². The van der Waals surface area contributed by atoms with Crippen molar-refractivity contribution in [2.75, 3.05) is 37.7 Å². The van der Waals surface area contributed by atoms with Gasteiger partial charge in [-0.3, -0.25) is 9.69 Å². The normalized spacial score (nSPS) is 27.0. The Kier molecular flexibility index (Phi) is 5.59. The van der Waals surface area contributed by atoms with Crippen molar-refractivity contribution in [3.63, 3.8) is 0 Å². The van der Waals surface area contributed by atoms with Gasteiger partial charge < -0.3 is 10.1 Å². The summed E-state index contributed by atoms with van der Waals surface area (Å²) in [7, 11) is -2.97. The summed E-state index contributed by atoms with van der Waals surface area (Å²) in [5.74, 6) is 0.110. The number of nitrogens with one attached hydrogen (secondary N) is 1. The Balaban J connectivity index is 1.51. The van der Waals surface area contributed by atoms with Gasteiger partial charge in [0.1, 0.15) is 0 Å². The molecule has 2 fully saturated rings. The predicted molar refractivity (Wildman–Crippen MR) is 94.5 cm³/mol. The summed E-state index contributed by atoms with van der Waals surface area (Å²) in [6.45, 7) is 2.19. The van der Waals surface area contributed by atoms with Crippen LogP contribution in [-0.4, -0.2) is 63.0 Å². The van der Waals surface area contributed by atoms with Gasteiger partial charge in [-0.2, -0.15) is 0 Å². The molecule has 2 heterocycles. The molecule has 8 heteroatoms. The molecule has 2 aliphatic rings. The number of ether oxygens (including phenoxy) is 1. The lowest BCUT2D eigenvalue weighted by atomic mass is 10.1. The molecule has 0 aliphatic carbocycles. The van der Waals surface area contributed by atoms with Gasteiger partial charge in [0, 0.05) is 23.6 Å². The monoisotopic (exact) mass is 416 g/mol. The second-order valence-corrected chi connectivity index (χ2v) is 9.46. The standard InChI is InChI=1S/C16H21BrN2O4S/c17-13-3-1-12(2-4-13)15-9-19(6-7-23-15)10-16(20)18-14-5-8-24(21,22)11-14/h1-4,14-15H,5-11H2,(H,18,20). The quantitative estimate of drug-likeness (QED) is 0.795. The fourth-order valence-corrected chi connectivity index (χ4v) is 5.05. The molecule has 2 unspecified atom stereocenters. The van der Waals surface area contributed by atoms with E-state index in [1.807, 2.05) is 24.3 Å². The van der Waals surface area contributed by atoms with Crippen LogP contribution in [0.4, 0.5) is 0 Å². The summed E-state index contributed by atoms with van der Waals surface area (Å²) in [5.41, 5.74) is 1.09. The van der Waals surface area contributed by atoms with Gasteiger partial charge >= 0.3 is 0 Å². The summed E-state index contributed by atoms with van der Waals surface area (Å²) in [5, 5.41) is 2.84. The van der Waals surface area contributed by atoms with Crippen LogP contribution in [0.5, 0.6) is 0 Å². The number of hydrogen-bond acceptors (Lipinski definition) is 5. The summed E-state index contributed by atoms with van der Waals surface area (Å²) < 4.78 is 29.7. The van der Waals surface area contributed by atoms with E-state index in [0.29, 0.717) is 26.1 Å². The van der Waals surface area contributed by atoms with Gasteiger partial charge in [0.25, 0.3) is 0 Å². The van der Waals surface area contributed by atoms with Gasteiger partial charge in [-0.25, -0.2) is 8.42 Å². The summed E-state index contributed by atoms with van der Waals surface area (Å²) in [6, 6.07) is 7.74. The average Bonchev–Trinajstić information content (AvgIpc) is 2.87. The third-order valence-corrected chi connectivity index (χ3v) is 6.65. The molecule has 0 radical (unpaired) electrons. The molecule has 1 aromatic carbocycles. The molecule has 1 aromatic rings. The van der Waals surface area contributed by atoms with Crippen molar-refractivity contribution >= 4 is 31.7 Å². The first-order valence-electron chi connectivity index (χ1n) is 8.00. The number of carbonyl (C=O) groups is 1. The van der Waals surface area contributed by atoms with Crippen LogP contribution in [0, 0.1) is 0 Å². The predicted octanol–water partition coefficient (Wildman–Crippen LogP) is 1.13. The number of hydrogen-bond donors (Lipinski definition) is 1.